The van der Waals surface area contributed by atoms with Crippen LogP contribution in [0.15, 0.2) is 16.5 Å². The second kappa shape index (κ2) is 7.15. The first-order valence-electron chi connectivity index (χ1n) is 8.80. The Bertz CT molecular complexity index is 652. The first kappa shape index (κ1) is 17.9. The van der Waals surface area contributed by atoms with Gasteiger partial charge >= 0.3 is 0 Å². The molecule has 3 heterocycles. The summed E-state index contributed by atoms with van der Waals surface area (Å²) in [6, 6.07) is 5.24. The van der Waals surface area contributed by atoms with Gasteiger partial charge in [-0.15, -0.1) is 0 Å². The normalized spacial score (nSPS) is 24.4. The molecule has 7 heteroatoms. The van der Waals surface area contributed by atoms with Gasteiger partial charge in [0.2, 0.25) is 10.0 Å². The summed E-state index contributed by atoms with van der Waals surface area (Å²) < 4.78 is 30.0. The summed E-state index contributed by atoms with van der Waals surface area (Å²) in [5.74, 6) is 1.61. The number of piperidine rings is 1. The van der Waals surface area contributed by atoms with Gasteiger partial charge in [0, 0.05) is 32.2 Å². The molecule has 2 fully saturated rings. The molecule has 0 radical (unpaired) electrons. The fourth-order valence-electron chi connectivity index (χ4n) is 3.69. The summed E-state index contributed by atoms with van der Waals surface area (Å²) in [6.07, 6.45) is 5.23. The van der Waals surface area contributed by atoms with E-state index in [1.807, 2.05) is 12.1 Å². The number of furan rings is 1. The molecule has 0 aromatic carbocycles. The summed E-state index contributed by atoms with van der Waals surface area (Å²) in [5, 5.41) is 0. The Labute approximate surface area is 145 Å². The smallest absolute Gasteiger partial charge is 0.211 e. The summed E-state index contributed by atoms with van der Waals surface area (Å²) in [5.41, 5.74) is 0. The molecule has 0 spiro atoms. The summed E-state index contributed by atoms with van der Waals surface area (Å²) >= 11 is 0. The lowest BCUT2D eigenvalue weighted by Gasteiger charge is -2.49. The van der Waals surface area contributed by atoms with Gasteiger partial charge in [-0.1, -0.05) is 6.42 Å². The first-order chi connectivity index (χ1) is 11.3. The van der Waals surface area contributed by atoms with E-state index >= 15 is 0 Å². The number of rotatable bonds is 6. The van der Waals surface area contributed by atoms with E-state index in [0.717, 1.165) is 25.4 Å². The summed E-state index contributed by atoms with van der Waals surface area (Å²) in [7, 11) is -1.61. The molecule has 6 nitrogen and oxygen atoms in total. The van der Waals surface area contributed by atoms with Crippen LogP contribution < -0.4 is 0 Å². The van der Waals surface area contributed by atoms with Crippen LogP contribution in [-0.4, -0.2) is 67.5 Å². The van der Waals surface area contributed by atoms with Crippen LogP contribution in [0, 0.1) is 0 Å². The van der Waals surface area contributed by atoms with E-state index in [2.05, 4.69) is 16.7 Å². The maximum atomic E-state index is 11.5. The first-order valence-corrected chi connectivity index (χ1v) is 10.6. The minimum Gasteiger partial charge on any atom is -0.463 e. The standard InChI is InChI=1S/C17H29N3O3S/c1-14-6-4-5-9-20(14)15-10-19(11-15)13-17-8-7-16(23-17)12-18(2)24(3,21)22/h7-8,14-15H,4-6,9-13H2,1-3H3/t14-/m0/s1. The van der Waals surface area contributed by atoms with Crippen LogP contribution in [0.25, 0.3) is 0 Å². The molecule has 136 valence electrons. The van der Waals surface area contributed by atoms with Gasteiger partial charge in [-0.3, -0.25) is 9.80 Å². The van der Waals surface area contributed by atoms with Crippen molar-refractivity contribution in [2.24, 2.45) is 0 Å². The molecular weight excluding hydrogens is 326 g/mol. The Kier molecular flexibility index (Phi) is 5.34. The Morgan fingerprint density at radius 2 is 1.96 bits per heavy atom. The van der Waals surface area contributed by atoms with Crippen LogP contribution >= 0.6 is 0 Å². The number of nitrogens with zero attached hydrogens (tertiary/aromatic N) is 3. The molecule has 24 heavy (non-hydrogen) atoms. The fourth-order valence-corrected chi connectivity index (χ4v) is 4.06. The molecule has 1 atom stereocenters. The molecule has 0 saturated carbocycles. The third-order valence-corrected chi connectivity index (χ3v) is 6.56. The fraction of sp³-hybridized carbons (Fsp3) is 0.765. The van der Waals surface area contributed by atoms with Gasteiger partial charge < -0.3 is 4.42 Å². The monoisotopic (exact) mass is 355 g/mol. The minimum atomic E-state index is -3.18. The number of hydrogen-bond donors (Lipinski definition) is 0. The van der Waals surface area contributed by atoms with Crippen LogP contribution in [0.4, 0.5) is 0 Å². The molecule has 0 amide bonds. The van der Waals surface area contributed by atoms with Crippen molar-refractivity contribution in [2.75, 3.05) is 32.9 Å². The maximum absolute atomic E-state index is 11.5. The Balaban J connectivity index is 1.47. The van der Waals surface area contributed by atoms with Gasteiger partial charge in [0.1, 0.15) is 11.5 Å². The van der Waals surface area contributed by atoms with E-state index in [0.29, 0.717) is 17.8 Å². The van der Waals surface area contributed by atoms with Crippen molar-refractivity contribution < 1.29 is 12.8 Å². The van der Waals surface area contributed by atoms with Crippen molar-refractivity contribution in [1.29, 1.82) is 0 Å². The topological polar surface area (TPSA) is 57.0 Å². The average molecular weight is 356 g/mol. The van der Waals surface area contributed by atoms with Crippen LogP contribution in [-0.2, 0) is 23.1 Å². The Hall–Kier alpha value is -0.890. The van der Waals surface area contributed by atoms with Crippen LogP contribution in [0.2, 0.25) is 0 Å². The molecule has 2 aliphatic rings. The van der Waals surface area contributed by atoms with Gasteiger partial charge in [0.25, 0.3) is 0 Å². The third kappa shape index (κ3) is 4.20. The zero-order valence-corrected chi connectivity index (χ0v) is 15.8. The summed E-state index contributed by atoms with van der Waals surface area (Å²) in [4.78, 5) is 5.06. The molecular formula is C17H29N3O3S. The highest BCUT2D eigenvalue weighted by Crippen LogP contribution is 2.25. The maximum Gasteiger partial charge on any atom is 0.211 e. The Morgan fingerprint density at radius 3 is 2.62 bits per heavy atom. The molecule has 0 bridgehead atoms. The molecule has 0 N–H and O–H groups in total. The van der Waals surface area contributed by atoms with Gasteiger partial charge in [-0.25, -0.2) is 8.42 Å². The van der Waals surface area contributed by atoms with Crippen LogP contribution in [0.1, 0.15) is 37.7 Å². The lowest BCUT2D eigenvalue weighted by molar-refractivity contribution is -0.00907. The average Bonchev–Trinajstić information content (AvgIpc) is 2.90. The SMILES string of the molecule is C[C@H]1CCCCN1C1CN(Cc2ccc(CN(C)S(C)(=O)=O)o2)C1. The van der Waals surface area contributed by atoms with Gasteiger partial charge in [-0.2, -0.15) is 4.31 Å². The van der Waals surface area contributed by atoms with E-state index in [-0.39, 0.29) is 6.54 Å². The number of hydrogen-bond acceptors (Lipinski definition) is 5. The van der Waals surface area contributed by atoms with E-state index < -0.39 is 10.0 Å². The van der Waals surface area contributed by atoms with Crippen molar-refractivity contribution in [1.82, 2.24) is 14.1 Å². The quantitative estimate of drug-likeness (QED) is 0.778. The van der Waals surface area contributed by atoms with Crippen molar-refractivity contribution in [3.8, 4) is 0 Å². The number of likely N-dealkylation sites (tertiary alicyclic amines) is 2. The highest BCUT2D eigenvalue weighted by molar-refractivity contribution is 7.88. The molecule has 1 aromatic heterocycles. The zero-order chi connectivity index (χ0) is 17.3. The van der Waals surface area contributed by atoms with Gasteiger partial charge in [0.05, 0.1) is 19.3 Å². The zero-order valence-electron chi connectivity index (χ0n) is 14.9. The molecule has 2 aliphatic heterocycles. The lowest BCUT2D eigenvalue weighted by Crippen LogP contribution is -2.61. The third-order valence-electron chi connectivity index (χ3n) is 5.30. The van der Waals surface area contributed by atoms with Crippen LogP contribution in [0.5, 0.6) is 0 Å². The lowest BCUT2D eigenvalue weighted by atomic mass is 9.97. The van der Waals surface area contributed by atoms with Crippen molar-refractivity contribution >= 4 is 10.0 Å². The second-order valence-corrected chi connectivity index (χ2v) is 9.41. The molecule has 0 unspecified atom stereocenters. The highest BCUT2D eigenvalue weighted by atomic mass is 32.2. The minimum absolute atomic E-state index is 0.284. The molecule has 3 rings (SSSR count). The van der Waals surface area contributed by atoms with Gasteiger partial charge in [0.15, 0.2) is 0 Å². The van der Waals surface area contributed by atoms with Crippen molar-refractivity contribution in [3.05, 3.63) is 23.7 Å². The molecule has 0 aliphatic carbocycles. The second-order valence-electron chi connectivity index (χ2n) is 7.32. The van der Waals surface area contributed by atoms with Crippen molar-refractivity contribution in [2.45, 2.75) is 51.4 Å². The summed E-state index contributed by atoms with van der Waals surface area (Å²) in [6.45, 7) is 6.88. The number of sulfonamides is 1. The Morgan fingerprint density at radius 1 is 1.25 bits per heavy atom. The van der Waals surface area contributed by atoms with E-state index in [1.165, 1.54) is 36.4 Å². The van der Waals surface area contributed by atoms with Crippen LogP contribution in [0.3, 0.4) is 0 Å². The van der Waals surface area contributed by atoms with Gasteiger partial charge in [-0.05, 0) is 38.4 Å². The molecule has 1 aromatic rings. The van der Waals surface area contributed by atoms with E-state index in [1.54, 1.807) is 7.05 Å². The molecule has 2 saturated heterocycles. The van der Waals surface area contributed by atoms with E-state index in [9.17, 15) is 8.42 Å². The van der Waals surface area contributed by atoms with Crippen molar-refractivity contribution in [3.63, 3.8) is 0 Å². The predicted octanol–water partition coefficient (Wildman–Crippen LogP) is 1.73. The van der Waals surface area contributed by atoms with E-state index in [4.69, 9.17) is 4.42 Å². The largest absolute Gasteiger partial charge is 0.463 e. The predicted molar refractivity (Wildman–Crippen MR) is 94.1 cm³/mol. The highest BCUT2D eigenvalue weighted by Gasteiger charge is 2.35.